The first-order valence-corrected chi connectivity index (χ1v) is 8.65. The highest BCUT2D eigenvalue weighted by Crippen LogP contribution is 2.11. The topological polar surface area (TPSA) is 102 Å². The zero-order chi connectivity index (χ0) is 17.0. The van der Waals surface area contributed by atoms with Crippen molar-refractivity contribution in [3.8, 4) is 6.19 Å². The summed E-state index contributed by atoms with van der Waals surface area (Å²) in [5.74, 6) is 3.00. The molecule has 7 nitrogen and oxygen atoms in total. The number of aryl methyl sites for hydroxylation is 1. The van der Waals surface area contributed by atoms with Crippen LogP contribution in [-0.4, -0.2) is 34.8 Å². The number of hydrogen-bond donors (Lipinski definition) is 3. The number of hydrogen-bond acceptors (Lipinski definition) is 5. The molecule has 8 heteroatoms. The lowest BCUT2D eigenvalue weighted by Gasteiger charge is -2.07. The number of nitriles is 1. The Morgan fingerprint density at radius 1 is 1.58 bits per heavy atom. The molecule has 0 atom stereocenters. The SMILES string of the molecule is Cc1[nH]cnc1CSCCNC(=NC/C=C/c1ccco1)NC#N. The number of guanidine groups is 1. The average molecular weight is 344 g/mol. The molecule has 0 unspecified atom stereocenters. The Labute approximate surface area is 145 Å². The standard InChI is InChI=1S/C16H20N6OS/c1-13-15(22-12-21-13)10-24-9-7-19-16(20-11-17)18-6-2-4-14-5-3-8-23-14/h2-5,8,12H,6-7,9-10H2,1H3,(H,21,22)(H2,18,19,20)/b4-2+. The van der Waals surface area contributed by atoms with Crippen molar-refractivity contribution in [1.29, 1.82) is 5.26 Å². The minimum absolute atomic E-state index is 0.456. The molecule has 0 aliphatic carbocycles. The van der Waals surface area contributed by atoms with Gasteiger partial charge in [0.15, 0.2) is 6.19 Å². The predicted octanol–water partition coefficient (Wildman–Crippen LogP) is 2.27. The smallest absolute Gasteiger partial charge is 0.205 e. The van der Waals surface area contributed by atoms with Gasteiger partial charge in [0.1, 0.15) is 5.76 Å². The number of aliphatic imine (C=N–C) groups is 1. The maximum absolute atomic E-state index is 8.77. The van der Waals surface area contributed by atoms with Crippen molar-refractivity contribution in [3.05, 3.63) is 47.9 Å². The Morgan fingerprint density at radius 3 is 3.21 bits per heavy atom. The second kappa shape index (κ2) is 10.2. The van der Waals surface area contributed by atoms with Crippen LogP contribution in [0, 0.1) is 18.4 Å². The number of H-pyrrole nitrogens is 1. The second-order valence-corrected chi connectivity index (χ2v) is 5.90. The number of imidazole rings is 1. The van der Waals surface area contributed by atoms with Crippen molar-refractivity contribution in [2.45, 2.75) is 12.7 Å². The van der Waals surface area contributed by atoms with Crippen LogP contribution >= 0.6 is 11.8 Å². The molecule has 0 saturated heterocycles. The van der Waals surface area contributed by atoms with Crippen molar-refractivity contribution >= 4 is 23.8 Å². The monoisotopic (exact) mass is 344 g/mol. The van der Waals surface area contributed by atoms with Crippen LogP contribution in [0.4, 0.5) is 0 Å². The van der Waals surface area contributed by atoms with Crippen molar-refractivity contribution in [2.75, 3.05) is 18.8 Å². The van der Waals surface area contributed by atoms with E-state index in [2.05, 4.69) is 25.6 Å². The second-order valence-electron chi connectivity index (χ2n) is 4.80. The average Bonchev–Trinajstić information content (AvgIpc) is 3.23. The number of thioether (sulfide) groups is 1. The van der Waals surface area contributed by atoms with E-state index in [9.17, 15) is 0 Å². The van der Waals surface area contributed by atoms with Gasteiger partial charge in [-0.25, -0.2) is 9.98 Å². The summed E-state index contributed by atoms with van der Waals surface area (Å²) >= 11 is 1.77. The highest BCUT2D eigenvalue weighted by molar-refractivity contribution is 7.98. The number of rotatable bonds is 8. The number of nitrogens with one attached hydrogen (secondary N) is 3. The van der Waals surface area contributed by atoms with Gasteiger partial charge >= 0.3 is 0 Å². The van der Waals surface area contributed by atoms with E-state index in [0.717, 1.165) is 28.7 Å². The summed E-state index contributed by atoms with van der Waals surface area (Å²) in [6, 6.07) is 3.69. The highest BCUT2D eigenvalue weighted by Gasteiger charge is 2.01. The molecule has 0 amide bonds. The molecule has 2 aromatic heterocycles. The number of aromatic amines is 1. The first-order chi connectivity index (χ1) is 11.8. The van der Waals surface area contributed by atoms with E-state index in [0.29, 0.717) is 19.0 Å². The minimum atomic E-state index is 0.456. The molecule has 2 aromatic rings. The molecule has 0 aliphatic rings. The first kappa shape index (κ1) is 17.7. The molecule has 3 N–H and O–H groups in total. The van der Waals surface area contributed by atoms with Gasteiger partial charge < -0.3 is 14.7 Å². The highest BCUT2D eigenvalue weighted by atomic mass is 32.2. The third-order valence-electron chi connectivity index (χ3n) is 3.07. The van der Waals surface area contributed by atoms with Gasteiger partial charge in [-0.2, -0.15) is 17.0 Å². The lowest BCUT2D eigenvalue weighted by Crippen LogP contribution is -2.36. The molecular weight excluding hydrogens is 324 g/mol. The van der Waals surface area contributed by atoms with E-state index in [1.807, 2.05) is 37.4 Å². The lowest BCUT2D eigenvalue weighted by atomic mass is 10.4. The van der Waals surface area contributed by atoms with E-state index in [1.165, 1.54) is 0 Å². The quantitative estimate of drug-likeness (QED) is 0.223. The van der Waals surface area contributed by atoms with Gasteiger partial charge in [0.25, 0.3) is 0 Å². The van der Waals surface area contributed by atoms with Gasteiger partial charge in [-0.05, 0) is 25.1 Å². The van der Waals surface area contributed by atoms with Crippen molar-refractivity contribution < 1.29 is 4.42 Å². The number of furan rings is 1. The molecule has 0 aromatic carbocycles. The van der Waals surface area contributed by atoms with Crippen LogP contribution in [0.2, 0.25) is 0 Å². The van der Waals surface area contributed by atoms with Gasteiger partial charge in [0, 0.05) is 23.7 Å². The maximum Gasteiger partial charge on any atom is 0.205 e. The molecule has 0 spiro atoms. The third kappa shape index (κ3) is 6.22. The zero-order valence-electron chi connectivity index (χ0n) is 13.5. The van der Waals surface area contributed by atoms with Crippen LogP contribution in [-0.2, 0) is 5.75 Å². The summed E-state index contributed by atoms with van der Waals surface area (Å²) in [6.07, 6.45) is 8.93. The van der Waals surface area contributed by atoms with Crippen LogP contribution in [0.15, 0.2) is 40.2 Å². The van der Waals surface area contributed by atoms with Gasteiger partial charge in [0.2, 0.25) is 5.96 Å². The normalized spacial score (nSPS) is 11.6. The molecule has 24 heavy (non-hydrogen) atoms. The maximum atomic E-state index is 8.77. The van der Waals surface area contributed by atoms with Crippen LogP contribution in [0.5, 0.6) is 0 Å². The fraction of sp³-hybridized carbons (Fsp3) is 0.312. The third-order valence-corrected chi connectivity index (χ3v) is 4.04. The van der Waals surface area contributed by atoms with Crippen molar-refractivity contribution in [1.82, 2.24) is 20.6 Å². The molecule has 2 heterocycles. The number of nitrogens with zero attached hydrogens (tertiary/aromatic N) is 3. The molecule has 2 rings (SSSR count). The minimum Gasteiger partial charge on any atom is -0.465 e. The predicted molar refractivity (Wildman–Crippen MR) is 96.3 cm³/mol. The molecule has 0 bridgehead atoms. The summed E-state index contributed by atoms with van der Waals surface area (Å²) in [5.41, 5.74) is 2.18. The Hall–Kier alpha value is -2.66. The fourth-order valence-electron chi connectivity index (χ4n) is 1.83. The van der Waals surface area contributed by atoms with E-state index in [1.54, 1.807) is 24.4 Å². The Kier molecular flexibility index (Phi) is 7.50. The van der Waals surface area contributed by atoms with Gasteiger partial charge in [-0.3, -0.25) is 5.32 Å². The first-order valence-electron chi connectivity index (χ1n) is 7.49. The van der Waals surface area contributed by atoms with Crippen molar-refractivity contribution in [3.63, 3.8) is 0 Å². The van der Waals surface area contributed by atoms with Crippen LogP contribution in [0.25, 0.3) is 6.08 Å². The lowest BCUT2D eigenvalue weighted by molar-refractivity contribution is 0.557. The molecule has 0 fully saturated rings. The van der Waals surface area contributed by atoms with Crippen molar-refractivity contribution in [2.24, 2.45) is 4.99 Å². The van der Waals surface area contributed by atoms with Gasteiger partial charge in [-0.1, -0.05) is 6.08 Å². The van der Waals surface area contributed by atoms with Gasteiger partial charge in [0.05, 0.1) is 24.8 Å². The van der Waals surface area contributed by atoms with Crippen LogP contribution < -0.4 is 10.6 Å². The molecule has 0 radical (unpaired) electrons. The molecule has 126 valence electrons. The summed E-state index contributed by atoms with van der Waals surface area (Å²) in [7, 11) is 0. The Balaban J connectivity index is 1.67. The van der Waals surface area contributed by atoms with E-state index < -0.39 is 0 Å². The largest absolute Gasteiger partial charge is 0.465 e. The Bertz CT molecular complexity index is 698. The summed E-state index contributed by atoms with van der Waals surface area (Å²) in [6.45, 7) is 3.18. The zero-order valence-corrected chi connectivity index (χ0v) is 14.3. The molecule has 0 aliphatic heterocycles. The number of aromatic nitrogens is 2. The summed E-state index contributed by atoms with van der Waals surface area (Å²) < 4.78 is 5.19. The fourth-order valence-corrected chi connectivity index (χ4v) is 2.71. The van der Waals surface area contributed by atoms with Crippen LogP contribution in [0.1, 0.15) is 17.1 Å². The summed E-state index contributed by atoms with van der Waals surface area (Å²) in [5, 5.41) is 14.4. The van der Waals surface area contributed by atoms with E-state index in [-0.39, 0.29) is 0 Å². The van der Waals surface area contributed by atoms with Gasteiger partial charge in [-0.15, -0.1) is 0 Å². The van der Waals surface area contributed by atoms with E-state index >= 15 is 0 Å². The molecule has 0 saturated carbocycles. The van der Waals surface area contributed by atoms with Crippen LogP contribution in [0.3, 0.4) is 0 Å². The summed E-state index contributed by atoms with van der Waals surface area (Å²) in [4.78, 5) is 11.6. The van der Waals surface area contributed by atoms with E-state index in [4.69, 9.17) is 9.68 Å². The molecular formula is C16H20N6OS. The Morgan fingerprint density at radius 2 is 2.50 bits per heavy atom.